The average Bonchev–Trinajstić information content (AvgIpc) is 3.20. The molecule has 0 saturated heterocycles. The van der Waals surface area contributed by atoms with E-state index in [2.05, 4.69) is 4.98 Å². The van der Waals surface area contributed by atoms with Gasteiger partial charge in [-0.15, -0.1) is 12.4 Å². The van der Waals surface area contributed by atoms with Crippen molar-refractivity contribution in [3.05, 3.63) is 77.0 Å². The van der Waals surface area contributed by atoms with Crippen LogP contribution in [0.3, 0.4) is 0 Å². The van der Waals surface area contributed by atoms with Crippen molar-refractivity contribution in [3.8, 4) is 11.3 Å². The summed E-state index contributed by atoms with van der Waals surface area (Å²) in [7, 11) is 0. The predicted octanol–water partition coefficient (Wildman–Crippen LogP) is 4.71. The molecule has 0 bridgehead atoms. The molecule has 0 fully saturated rings. The number of amides is 1. The van der Waals surface area contributed by atoms with Gasteiger partial charge < -0.3 is 15.2 Å². The van der Waals surface area contributed by atoms with Gasteiger partial charge in [0.25, 0.3) is 0 Å². The van der Waals surface area contributed by atoms with Gasteiger partial charge in [0.15, 0.2) is 11.6 Å². The van der Waals surface area contributed by atoms with Crippen LogP contribution in [0.15, 0.2) is 42.7 Å². The first-order valence-electron chi connectivity index (χ1n) is 10.4. The third-order valence-corrected chi connectivity index (χ3v) is 5.72. The van der Waals surface area contributed by atoms with Crippen molar-refractivity contribution in [1.29, 1.82) is 0 Å². The smallest absolute Gasteiger partial charge is 0.335 e. The van der Waals surface area contributed by atoms with E-state index in [1.54, 1.807) is 4.57 Å². The van der Waals surface area contributed by atoms with Gasteiger partial charge in [-0.3, -0.25) is 4.79 Å². The van der Waals surface area contributed by atoms with Gasteiger partial charge in [-0.2, -0.15) is 13.2 Å². The molecule has 2 heterocycles. The summed E-state index contributed by atoms with van der Waals surface area (Å²) in [5.74, 6) is -3.82. The van der Waals surface area contributed by atoms with Crippen molar-refractivity contribution in [1.82, 2.24) is 14.5 Å². The molecule has 1 atom stereocenters. The highest BCUT2D eigenvalue weighted by Crippen LogP contribution is 2.33. The maximum absolute atomic E-state index is 13.9. The van der Waals surface area contributed by atoms with E-state index < -0.39 is 35.2 Å². The van der Waals surface area contributed by atoms with Crippen LogP contribution in [0.2, 0.25) is 0 Å². The number of carbonyl (C=O) groups excluding carboxylic acids is 1. The number of hydrogen-bond donors (Lipinski definition) is 1. The average molecular weight is 519 g/mol. The second-order valence-electron chi connectivity index (χ2n) is 8.15. The summed E-state index contributed by atoms with van der Waals surface area (Å²) >= 11 is 0. The maximum Gasteiger partial charge on any atom is 0.416 e. The van der Waals surface area contributed by atoms with Crippen LogP contribution in [-0.2, 0) is 30.5 Å². The van der Waals surface area contributed by atoms with E-state index in [-0.39, 0.29) is 48.8 Å². The first-order valence-corrected chi connectivity index (χ1v) is 10.4. The van der Waals surface area contributed by atoms with E-state index in [1.165, 1.54) is 23.4 Å². The first kappa shape index (κ1) is 26.6. The maximum atomic E-state index is 13.9. The number of carbonyl (C=O) groups is 1. The topological polar surface area (TPSA) is 64.2 Å². The molecule has 1 aliphatic rings. The minimum Gasteiger partial charge on any atom is -0.335 e. The van der Waals surface area contributed by atoms with E-state index in [9.17, 15) is 31.1 Å². The molecule has 4 rings (SSSR count). The molecule has 12 heteroatoms. The molecule has 2 N–H and O–H groups in total. The largest absolute Gasteiger partial charge is 0.416 e. The Hall–Kier alpha value is -3.05. The molecule has 0 aliphatic carbocycles. The predicted molar refractivity (Wildman–Crippen MR) is 118 cm³/mol. The normalized spacial score (nSPS) is 14.3. The molecule has 1 aromatic heterocycles. The van der Waals surface area contributed by atoms with Crippen molar-refractivity contribution in [3.63, 3.8) is 0 Å². The van der Waals surface area contributed by atoms with Crippen LogP contribution < -0.4 is 5.73 Å². The fourth-order valence-electron chi connectivity index (χ4n) is 3.98. The number of halogens is 7. The van der Waals surface area contributed by atoms with Gasteiger partial charge in [0.05, 0.1) is 29.8 Å². The zero-order valence-corrected chi connectivity index (χ0v) is 19.0. The molecule has 1 amide bonds. The molecule has 0 spiro atoms. The summed E-state index contributed by atoms with van der Waals surface area (Å²) in [5, 5.41) is 0. The van der Waals surface area contributed by atoms with E-state index in [4.69, 9.17) is 5.73 Å². The Morgan fingerprint density at radius 1 is 1.06 bits per heavy atom. The molecule has 0 radical (unpaired) electrons. The Morgan fingerprint density at radius 3 is 2.49 bits per heavy atom. The van der Waals surface area contributed by atoms with Crippen LogP contribution >= 0.6 is 12.4 Å². The van der Waals surface area contributed by atoms with Gasteiger partial charge in [-0.25, -0.2) is 18.2 Å². The monoisotopic (exact) mass is 518 g/mol. The second-order valence-corrected chi connectivity index (χ2v) is 8.15. The standard InChI is InChI=1S/C23H20F6N4O.ClH/c24-17-10-19(26)18(25)8-14(17)7-16(30)9-21(34)32-4-5-33-12-31-22(20(33)11-32)13-2-1-3-15(6-13)23(27,28)29;/h1-3,6,8,10,12,16H,4-5,7,9,11,30H2;1H. The highest BCUT2D eigenvalue weighted by atomic mass is 35.5. The summed E-state index contributed by atoms with van der Waals surface area (Å²) < 4.78 is 81.5. The number of imidazole rings is 1. The lowest BCUT2D eigenvalue weighted by atomic mass is 10.0. The second kappa shape index (κ2) is 10.3. The Kier molecular flexibility index (Phi) is 7.80. The van der Waals surface area contributed by atoms with Crippen LogP contribution in [0.1, 0.15) is 23.2 Å². The van der Waals surface area contributed by atoms with Gasteiger partial charge in [-0.1, -0.05) is 12.1 Å². The van der Waals surface area contributed by atoms with Gasteiger partial charge in [0, 0.05) is 37.2 Å². The van der Waals surface area contributed by atoms with E-state index in [0.717, 1.165) is 18.2 Å². The quantitative estimate of drug-likeness (QED) is 0.393. The molecule has 188 valence electrons. The molecule has 3 aromatic rings. The Morgan fingerprint density at radius 2 is 1.77 bits per heavy atom. The van der Waals surface area contributed by atoms with Crippen molar-refractivity contribution in [2.75, 3.05) is 6.54 Å². The summed E-state index contributed by atoms with van der Waals surface area (Å²) in [6, 6.07) is 5.10. The minimum atomic E-state index is -4.50. The highest BCUT2D eigenvalue weighted by Gasteiger charge is 2.31. The highest BCUT2D eigenvalue weighted by molar-refractivity contribution is 5.85. The number of nitrogens with two attached hydrogens (primary N) is 1. The minimum absolute atomic E-state index is 0. The fraction of sp³-hybridized carbons (Fsp3) is 0.304. The summed E-state index contributed by atoms with van der Waals surface area (Å²) in [6.07, 6.45) is -3.33. The summed E-state index contributed by atoms with van der Waals surface area (Å²) in [4.78, 5) is 18.6. The van der Waals surface area contributed by atoms with Crippen molar-refractivity contribution in [2.24, 2.45) is 5.73 Å². The van der Waals surface area contributed by atoms with E-state index in [0.29, 0.717) is 30.5 Å². The summed E-state index contributed by atoms with van der Waals surface area (Å²) in [6.45, 7) is 0.827. The Balaban J connectivity index is 0.00000342. The van der Waals surface area contributed by atoms with Crippen LogP contribution in [0.5, 0.6) is 0 Å². The molecular formula is C23H21ClF6N4O. The molecule has 1 unspecified atom stereocenters. The van der Waals surface area contributed by atoms with E-state index >= 15 is 0 Å². The Bertz CT molecular complexity index is 1230. The molecule has 1 aliphatic heterocycles. The lowest BCUT2D eigenvalue weighted by Crippen LogP contribution is -2.41. The van der Waals surface area contributed by atoms with Crippen LogP contribution in [-0.4, -0.2) is 32.9 Å². The summed E-state index contributed by atoms with van der Waals surface area (Å²) in [5.41, 5.74) is 6.24. The molecule has 0 saturated carbocycles. The van der Waals surface area contributed by atoms with Crippen LogP contribution in [0.25, 0.3) is 11.3 Å². The zero-order chi connectivity index (χ0) is 24.6. The van der Waals surface area contributed by atoms with Crippen molar-refractivity contribution < 1.29 is 31.1 Å². The Labute approximate surface area is 203 Å². The third-order valence-electron chi connectivity index (χ3n) is 5.72. The SMILES string of the molecule is Cl.NC(CC(=O)N1CCn2cnc(-c3cccc(C(F)(F)F)c3)c2C1)Cc1cc(F)c(F)cc1F. The molecule has 2 aromatic carbocycles. The third kappa shape index (κ3) is 5.79. The van der Waals surface area contributed by atoms with Gasteiger partial charge in [-0.05, 0) is 30.2 Å². The number of benzene rings is 2. The zero-order valence-electron chi connectivity index (χ0n) is 18.2. The lowest BCUT2D eigenvalue weighted by molar-refractivity contribution is -0.137. The lowest BCUT2D eigenvalue weighted by Gasteiger charge is -2.30. The number of aromatic nitrogens is 2. The molecule has 35 heavy (non-hydrogen) atoms. The van der Waals surface area contributed by atoms with Crippen molar-refractivity contribution in [2.45, 2.75) is 38.1 Å². The van der Waals surface area contributed by atoms with Crippen LogP contribution in [0.4, 0.5) is 26.3 Å². The van der Waals surface area contributed by atoms with Crippen LogP contribution in [0, 0.1) is 17.5 Å². The van der Waals surface area contributed by atoms with Gasteiger partial charge in [0.2, 0.25) is 5.91 Å². The molecular weight excluding hydrogens is 498 g/mol. The number of hydrogen-bond acceptors (Lipinski definition) is 3. The van der Waals surface area contributed by atoms with Gasteiger partial charge in [0.1, 0.15) is 5.82 Å². The molecule has 5 nitrogen and oxygen atoms in total. The fourth-order valence-corrected chi connectivity index (χ4v) is 3.98. The number of fused-ring (bicyclic) bond motifs is 1. The first-order chi connectivity index (χ1) is 16.0. The van der Waals surface area contributed by atoms with Gasteiger partial charge >= 0.3 is 6.18 Å². The van der Waals surface area contributed by atoms with Crippen molar-refractivity contribution >= 4 is 18.3 Å². The number of nitrogens with zero attached hydrogens (tertiary/aromatic N) is 3. The number of alkyl halides is 3. The van der Waals surface area contributed by atoms with E-state index in [1.807, 2.05) is 0 Å². The number of rotatable bonds is 5.